The molecule has 0 aromatic carbocycles. The van der Waals surface area contributed by atoms with Gasteiger partial charge in [-0.05, 0) is 25.3 Å². The number of alkyl halides is 2. The molecule has 1 fully saturated rings. The molecule has 1 aliphatic carbocycles. The lowest BCUT2D eigenvalue weighted by atomic mass is 10.1. The van der Waals surface area contributed by atoms with Gasteiger partial charge in [0.15, 0.2) is 0 Å². The van der Waals surface area contributed by atoms with Gasteiger partial charge in [0.1, 0.15) is 0 Å². The summed E-state index contributed by atoms with van der Waals surface area (Å²) in [4.78, 5) is 0. The zero-order chi connectivity index (χ0) is 10.8. The third kappa shape index (κ3) is 2.61. The molecule has 3 N–H and O–H groups in total. The minimum Gasteiger partial charge on any atom is -0.330 e. The molecule has 0 aliphatic heterocycles. The first-order valence-corrected chi connectivity index (χ1v) is 6.01. The van der Waals surface area contributed by atoms with Crippen molar-refractivity contribution in [3.63, 3.8) is 0 Å². The Labute approximate surface area is 81.9 Å². The Morgan fingerprint density at radius 1 is 1.43 bits per heavy atom. The van der Waals surface area contributed by atoms with Gasteiger partial charge in [0.25, 0.3) is 10.0 Å². The summed E-state index contributed by atoms with van der Waals surface area (Å²) in [6.07, 6.45) is 2.22. The number of nitrogens with two attached hydrogens (primary N) is 1. The van der Waals surface area contributed by atoms with Crippen molar-refractivity contribution in [3.8, 4) is 0 Å². The van der Waals surface area contributed by atoms with Crippen LogP contribution in [-0.2, 0) is 10.0 Å². The van der Waals surface area contributed by atoms with E-state index >= 15 is 0 Å². The van der Waals surface area contributed by atoms with Gasteiger partial charge in [0.2, 0.25) is 0 Å². The normalized spacial score (nSPS) is 28.6. The largest absolute Gasteiger partial charge is 0.350 e. The molecule has 2 unspecified atom stereocenters. The van der Waals surface area contributed by atoms with Crippen LogP contribution in [0.15, 0.2) is 0 Å². The molecule has 2 atom stereocenters. The molecular weight excluding hydrogens is 214 g/mol. The van der Waals surface area contributed by atoms with Crippen LogP contribution in [0.25, 0.3) is 0 Å². The van der Waals surface area contributed by atoms with E-state index in [2.05, 4.69) is 0 Å². The minimum absolute atomic E-state index is 0.0106. The maximum absolute atomic E-state index is 12.0. The zero-order valence-corrected chi connectivity index (χ0v) is 8.43. The van der Waals surface area contributed by atoms with Crippen LogP contribution in [0.1, 0.15) is 19.3 Å². The third-order valence-electron chi connectivity index (χ3n) is 2.51. The highest BCUT2D eigenvalue weighted by Gasteiger charge is 2.33. The second kappa shape index (κ2) is 4.50. The third-order valence-corrected chi connectivity index (χ3v) is 3.61. The van der Waals surface area contributed by atoms with Gasteiger partial charge >= 0.3 is 5.76 Å². The first-order valence-electron chi connectivity index (χ1n) is 4.46. The summed E-state index contributed by atoms with van der Waals surface area (Å²) in [5.41, 5.74) is 5.40. The SMILES string of the molecule is NCC1CCCC1NS(=O)(=O)C(F)F. The molecule has 0 saturated heterocycles. The number of nitrogens with one attached hydrogen (secondary N) is 1. The lowest BCUT2D eigenvalue weighted by Crippen LogP contribution is -2.42. The van der Waals surface area contributed by atoms with E-state index in [4.69, 9.17) is 5.73 Å². The zero-order valence-electron chi connectivity index (χ0n) is 7.62. The first-order chi connectivity index (χ1) is 6.47. The van der Waals surface area contributed by atoms with E-state index < -0.39 is 21.8 Å². The average Bonchev–Trinajstić information content (AvgIpc) is 2.50. The van der Waals surface area contributed by atoms with Crippen LogP contribution < -0.4 is 10.5 Å². The van der Waals surface area contributed by atoms with E-state index in [0.717, 1.165) is 12.8 Å². The summed E-state index contributed by atoms with van der Waals surface area (Å²) >= 11 is 0. The van der Waals surface area contributed by atoms with Crippen LogP contribution in [0.5, 0.6) is 0 Å². The molecule has 1 rings (SSSR count). The van der Waals surface area contributed by atoms with E-state index in [9.17, 15) is 17.2 Å². The molecule has 0 spiro atoms. The summed E-state index contributed by atoms with van der Waals surface area (Å²) in [7, 11) is -4.46. The summed E-state index contributed by atoms with van der Waals surface area (Å²) in [5.74, 6) is -3.37. The number of sulfonamides is 1. The Morgan fingerprint density at radius 2 is 2.07 bits per heavy atom. The number of rotatable bonds is 4. The maximum Gasteiger partial charge on any atom is 0.350 e. The fourth-order valence-corrected chi connectivity index (χ4v) is 2.57. The highest BCUT2D eigenvalue weighted by Crippen LogP contribution is 2.25. The summed E-state index contributed by atoms with van der Waals surface area (Å²) in [6, 6.07) is -0.418. The average molecular weight is 228 g/mol. The smallest absolute Gasteiger partial charge is 0.330 e. The van der Waals surface area contributed by atoms with Gasteiger partial charge in [0.05, 0.1) is 0 Å². The minimum atomic E-state index is -4.46. The molecule has 0 heterocycles. The summed E-state index contributed by atoms with van der Waals surface area (Å²) < 4.78 is 47.7. The topological polar surface area (TPSA) is 72.2 Å². The van der Waals surface area contributed by atoms with Crippen molar-refractivity contribution in [1.82, 2.24) is 4.72 Å². The lowest BCUT2D eigenvalue weighted by Gasteiger charge is -2.18. The first kappa shape index (κ1) is 11.8. The Balaban J connectivity index is 2.60. The Hall–Kier alpha value is -0.270. The van der Waals surface area contributed by atoms with Gasteiger partial charge in [0, 0.05) is 6.04 Å². The van der Waals surface area contributed by atoms with Gasteiger partial charge in [-0.2, -0.15) is 8.78 Å². The Bertz CT molecular complexity index is 281. The van der Waals surface area contributed by atoms with E-state index in [-0.39, 0.29) is 5.92 Å². The molecule has 0 radical (unpaired) electrons. The molecule has 84 valence electrons. The van der Waals surface area contributed by atoms with Crippen LogP contribution in [0.2, 0.25) is 0 Å². The van der Waals surface area contributed by atoms with E-state index in [1.807, 2.05) is 4.72 Å². The standard InChI is InChI=1S/C7H14F2N2O2S/c8-7(9)14(12,13)11-6-3-1-2-5(6)4-10/h5-7,11H,1-4,10H2. The van der Waals surface area contributed by atoms with Gasteiger partial charge in [-0.25, -0.2) is 13.1 Å². The molecule has 1 saturated carbocycles. The highest BCUT2D eigenvalue weighted by molar-refractivity contribution is 7.89. The number of halogens is 2. The van der Waals surface area contributed by atoms with Gasteiger partial charge in [-0.15, -0.1) is 0 Å². The summed E-state index contributed by atoms with van der Waals surface area (Å²) in [6.45, 7) is 0.330. The van der Waals surface area contributed by atoms with Crippen molar-refractivity contribution in [2.24, 2.45) is 11.7 Å². The monoisotopic (exact) mass is 228 g/mol. The van der Waals surface area contributed by atoms with E-state index in [0.29, 0.717) is 13.0 Å². The molecule has 0 bridgehead atoms. The second-order valence-electron chi connectivity index (χ2n) is 3.46. The number of hydrogen-bond acceptors (Lipinski definition) is 3. The van der Waals surface area contributed by atoms with Crippen LogP contribution in [-0.4, -0.2) is 26.8 Å². The van der Waals surface area contributed by atoms with Crippen molar-refractivity contribution >= 4 is 10.0 Å². The Kier molecular flexibility index (Phi) is 3.79. The molecule has 14 heavy (non-hydrogen) atoms. The van der Waals surface area contributed by atoms with Crippen LogP contribution in [0, 0.1) is 5.92 Å². The fourth-order valence-electron chi connectivity index (χ4n) is 1.74. The molecular formula is C7H14F2N2O2S. The van der Waals surface area contributed by atoms with Crippen LogP contribution in [0.3, 0.4) is 0 Å². The maximum atomic E-state index is 12.0. The molecule has 1 aliphatic rings. The molecule has 0 aromatic rings. The van der Waals surface area contributed by atoms with Crippen molar-refractivity contribution in [1.29, 1.82) is 0 Å². The van der Waals surface area contributed by atoms with Crippen molar-refractivity contribution < 1.29 is 17.2 Å². The predicted octanol–water partition coefficient (Wildman–Crippen LogP) is 0.256. The van der Waals surface area contributed by atoms with Crippen LogP contribution >= 0.6 is 0 Å². The van der Waals surface area contributed by atoms with Crippen molar-refractivity contribution in [2.75, 3.05) is 6.54 Å². The Morgan fingerprint density at radius 3 is 2.57 bits per heavy atom. The second-order valence-corrected chi connectivity index (χ2v) is 5.14. The summed E-state index contributed by atoms with van der Waals surface area (Å²) in [5, 5.41) is 0. The molecule has 7 heteroatoms. The van der Waals surface area contributed by atoms with E-state index in [1.165, 1.54) is 0 Å². The van der Waals surface area contributed by atoms with Gasteiger partial charge in [-0.1, -0.05) is 6.42 Å². The quantitative estimate of drug-likeness (QED) is 0.724. The van der Waals surface area contributed by atoms with Crippen molar-refractivity contribution in [2.45, 2.75) is 31.1 Å². The predicted molar refractivity (Wildman–Crippen MR) is 48.2 cm³/mol. The van der Waals surface area contributed by atoms with Gasteiger partial charge in [-0.3, -0.25) is 0 Å². The van der Waals surface area contributed by atoms with Crippen LogP contribution in [0.4, 0.5) is 8.78 Å². The van der Waals surface area contributed by atoms with Crippen molar-refractivity contribution in [3.05, 3.63) is 0 Å². The lowest BCUT2D eigenvalue weighted by molar-refractivity contribution is 0.230. The molecule has 0 aromatic heterocycles. The highest BCUT2D eigenvalue weighted by atomic mass is 32.2. The molecule has 0 amide bonds. The fraction of sp³-hybridized carbons (Fsp3) is 1.00. The number of hydrogen-bond donors (Lipinski definition) is 2. The van der Waals surface area contributed by atoms with Gasteiger partial charge < -0.3 is 5.73 Å². The molecule has 4 nitrogen and oxygen atoms in total. The van der Waals surface area contributed by atoms with E-state index in [1.54, 1.807) is 0 Å².